The topological polar surface area (TPSA) is 155 Å². The Morgan fingerprint density at radius 2 is 0.927 bits per heavy atom. The monoisotopic (exact) mass is 803 g/mol. The van der Waals surface area contributed by atoms with E-state index in [1.165, 1.54) is 84.2 Å². The Kier molecular flexibility index (Phi) is 31.9. The Balaban J connectivity index is 2.52. The maximum absolute atomic E-state index is 13.0. The lowest BCUT2D eigenvalue weighted by atomic mass is 9.98. The van der Waals surface area contributed by atoms with Crippen LogP contribution in [0.4, 0.5) is 0 Å². The van der Waals surface area contributed by atoms with Crippen LogP contribution in [0.3, 0.4) is 0 Å². The van der Waals surface area contributed by atoms with E-state index in [9.17, 15) is 27.7 Å². The third-order valence-corrected chi connectivity index (χ3v) is 10.5. The van der Waals surface area contributed by atoms with Gasteiger partial charge in [-0.25, -0.2) is 4.18 Å². The van der Waals surface area contributed by atoms with E-state index >= 15 is 0 Å². The minimum absolute atomic E-state index is 0.0468. The first-order valence-electron chi connectivity index (χ1n) is 21.8. The van der Waals surface area contributed by atoms with Crippen LogP contribution in [0, 0.1) is 0 Å². The second-order valence-electron chi connectivity index (χ2n) is 15.0. The first kappa shape index (κ1) is 51.2. The number of hydrogen-bond acceptors (Lipinski definition) is 10. The quantitative estimate of drug-likeness (QED) is 0.0269. The van der Waals surface area contributed by atoms with E-state index in [0.717, 1.165) is 77.0 Å². The molecule has 11 nitrogen and oxygen atoms in total. The van der Waals surface area contributed by atoms with Crippen LogP contribution in [0.25, 0.3) is 0 Å². The molecule has 0 aromatic rings. The molecule has 1 aliphatic rings. The number of hydrogen-bond donors (Lipinski definition) is 2. The lowest BCUT2D eigenvalue weighted by Gasteiger charge is -2.43. The molecule has 0 amide bonds. The van der Waals surface area contributed by atoms with Crippen molar-refractivity contribution < 1.29 is 50.8 Å². The number of aliphatic hydroxyl groups excluding tert-OH is 1. The summed E-state index contributed by atoms with van der Waals surface area (Å²) >= 11 is 0. The first-order valence-corrected chi connectivity index (χ1v) is 23.2. The summed E-state index contributed by atoms with van der Waals surface area (Å²) in [5, 5.41) is 9.95. The number of carbonyl (C=O) groups is 2. The van der Waals surface area contributed by atoms with Crippen LogP contribution in [0.1, 0.15) is 194 Å². The molecule has 322 valence electrons. The molecule has 12 heteroatoms. The highest BCUT2D eigenvalue weighted by molar-refractivity contribution is 7.80. The minimum Gasteiger partial charge on any atom is -0.455 e. The molecule has 2 N–H and O–H groups in total. The second-order valence-corrected chi connectivity index (χ2v) is 16.1. The van der Waals surface area contributed by atoms with E-state index < -0.39 is 59.7 Å². The van der Waals surface area contributed by atoms with Gasteiger partial charge in [0.15, 0.2) is 18.5 Å². The summed E-state index contributed by atoms with van der Waals surface area (Å²) in [5.41, 5.74) is 0. The fraction of sp³-hybridized carbons (Fsp3) is 0.860. The smallest absolute Gasteiger partial charge is 0.397 e. The van der Waals surface area contributed by atoms with Gasteiger partial charge in [0.25, 0.3) is 0 Å². The molecule has 1 rings (SSSR count). The molecule has 0 saturated carbocycles. The predicted molar refractivity (Wildman–Crippen MR) is 218 cm³/mol. The summed E-state index contributed by atoms with van der Waals surface area (Å²) in [6.45, 7) is 3.73. The number of esters is 2. The zero-order valence-electron chi connectivity index (χ0n) is 34.7. The van der Waals surface area contributed by atoms with Crippen LogP contribution in [0.15, 0.2) is 24.3 Å². The highest BCUT2D eigenvalue weighted by atomic mass is 32.3. The summed E-state index contributed by atoms with van der Waals surface area (Å²) in [6, 6.07) is 0. The van der Waals surface area contributed by atoms with E-state index in [1.807, 2.05) is 0 Å². The van der Waals surface area contributed by atoms with E-state index in [1.54, 1.807) is 0 Å². The molecule has 0 aliphatic carbocycles. The van der Waals surface area contributed by atoms with Gasteiger partial charge in [-0.2, -0.15) is 8.42 Å². The van der Waals surface area contributed by atoms with Crippen molar-refractivity contribution in [1.82, 2.24) is 0 Å². The zero-order chi connectivity index (χ0) is 40.4. The Labute approximate surface area is 334 Å². The third-order valence-electron chi connectivity index (χ3n) is 10.1. The molecule has 1 aliphatic heterocycles. The lowest BCUT2D eigenvalue weighted by Crippen LogP contribution is -2.62. The van der Waals surface area contributed by atoms with E-state index in [0.29, 0.717) is 12.8 Å². The molecule has 5 atom stereocenters. The molecule has 1 saturated heterocycles. The van der Waals surface area contributed by atoms with Gasteiger partial charge in [-0.3, -0.25) is 14.1 Å². The standard InChI is InChI=1S/C43H78O11S/c1-4-6-8-10-12-14-16-18-20-22-24-26-28-30-32-34-38(45)52-41-40(54-55(47,48)49)37(36-44)51-43(50-3)42(41)53-39(46)35-33-31-29-27-25-23-21-19-17-15-13-11-9-7-5-2/h18-21,37,40-44H,4-17,22-36H2,1-3H3,(H,47,48,49)/b20-18-,21-19-/t37-,40-,41+,42-,43+/m1/s1. The largest absolute Gasteiger partial charge is 0.455 e. The highest BCUT2D eigenvalue weighted by Crippen LogP contribution is 2.30. The van der Waals surface area contributed by atoms with Crippen molar-refractivity contribution in [2.45, 2.75) is 224 Å². The van der Waals surface area contributed by atoms with Gasteiger partial charge < -0.3 is 24.1 Å². The number of aliphatic hydroxyl groups is 1. The van der Waals surface area contributed by atoms with Crippen molar-refractivity contribution in [2.24, 2.45) is 0 Å². The summed E-state index contributed by atoms with van der Waals surface area (Å²) in [4.78, 5) is 26.0. The number of methoxy groups -OCH3 is 1. The average Bonchev–Trinajstić information content (AvgIpc) is 3.15. The van der Waals surface area contributed by atoms with Crippen LogP contribution >= 0.6 is 0 Å². The van der Waals surface area contributed by atoms with Crippen molar-refractivity contribution in [3.05, 3.63) is 24.3 Å². The summed E-state index contributed by atoms with van der Waals surface area (Å²) in [5.74, 6) is -1.25. The molecular formula is C43H78O11S. The van der Waals surface area contributed by atoms with Crippen LogP contribution in [0.5, 0.6) is 0 Å². The van der Waals surface area contributed by atoms with Gasteiger partial charge in [-0.15, -0.1) is 0 Å². The van der Waals surface area contributed by atoms with Crippen molar-refractivity contribution in [3.8, 4) is 0 Å². The molecule has 55 heavy (non-hydrogen) atoms. The Morgan fingerprint density at radius 3 is 1.29 bits per heavy atom. The van der Waals surface area contributed by atoms with Gasteiger partial charge in [-0.05, 0) is 64.2 Å². The van der Waals surface area contributed by atoms with Crippen molar-refractivity contribution >= 4 is 22.3 Å². The molecule has 0 unspecified atom stereocenters. The van der Waals surface area contributed by atoms with Crippen LogP contribution in [0.2, 0.25) is 0 Å². The van der Waals surface area contributed by atoms with Gasteiger partial charge in [0.1, 0.15) is 12.2 Å². The Morgan fingerprint density at radius 1 is 0.564 bits per heavy atom. The number of allylic oxidation sites excluding steroid dienone is 4. The first-order chi connectivity index (χ1) is 26.7. The van der Waals surface area contributed by atoms with Gasteiger partial charge in [0.05, 0.1) is 6.61 Å². The van der Waals surface area contributed by atoms with Gasteiger partial charge >= 0.3 is 22.3 Å². The maximum Gasteiger partial charge on any atom is 0.397 e. The second kappa shape index (κ2) is 34.2. The van der Waals surface area contributed by atoms with Crippen molar-refractivity contribution in [2.75, 3.05) is 13.7 Å². The molecule has 0 aromatic carbocycles. The molecule has 0 spiro atoms. The SMILES string of the molecule is CCCCCCCC/C=C\CCCCCCCC(=O)O[C@@H]1[C@@H](OC(=O)CCCCCCC/C=C\CCCCCCCC)[C@@H](OC)O[C@H](CO)[C@H]1OS(=O)(=O)O. The van der Waals surface area contributed by atoms with E-state index in [4.69, 9.17) is 23.1 Å². The average molecular weight is 803 g/mol. The van der Waals surface area contributed by atoms with Gasteiger partial charge in [-0.1, -0.05) is 141 Å². The highest BCUT2D eigenvalue weighted by Gasteiger charge is 2.52. The fourth-order valence-corrected chi connectivity index (χ4v) is 7.35. The van der Waals surface area contributed by atoms with Crippen molar-refractivity contribution in [3.63, 3.8) is 0 Å². The number of carbonyl (C=O) groups excluding carboxylic acids is 2. The Hall–Kier alpha value is -1.83. The molecule has 0 bridgehead atoms. The van der Waals surface area contributed by atoms with Crippen molar-refractivity contribution in [1.29, 1.82) is 0 Å². The minimum atomic E-state index is -5.07. The zero-order valence-corrected chi connectivity index (χ0v) is 35.5. The normalized spacial score (nSPS) is 20.4. The summed E-state index contributed by atoms with van der Waals surface area (Å²) in [6.07, 6.45) is 31.0. The van der Waals surface area contributed by atoms with E-state index in [2.05, 4.69) is 38.2 Å². The summed E-state index contributed by atoms with van der Waals surface area (Å²) < 4.78 is 60.3. The number of unbranched alkanes of at least 4 members (excludes halogenated alkanes) is 22. The predicted octanol–water partition coefficient (Wildman–Crippen LogP) is 10.4. The molecular weight excluding hydrogens is 725 g/mol. The molecule has 0 radical (unpaired) electrons. The number of ether oxygens (including phenoxy) is 4. The lowest BCUT2D eigenvalue weighted by molar-refractivity contribution is -0.296. The fourth-order valence-electron chi connectivity index (χ4n) is 6.83. The van der Waals surface area contributed by atoms with Crippen LogP contribution < -0.4 is 0 Å². The molecule has 0 aromatic heterocycles. The van der Waals surface area contributed by atoms with E-state index in [-0.39, 0.29) is 12.8 Å². The van der Waals surface area contributed by atoms with Crippen LogP contribution in [-0.2, 0) is 43.1 Å². The maximum atomic E-state index is 13.0. The molecule has 1 heterocycles. The Bertz CT molecular complexity index is 1110. The van der Waals surface area contributed by atoms with Crippen LogP contribution in [-0.4, -0.2) is 74.4 Å². The third kappa shape index (κ3) is 27.4. The summed E-state index contributed by atoms with van der Waals surface area (Å²) in [7, 11) is -3.78. The van der Waals surface area contributed by atoms with Gasteiger partial charge in [0.2, 0.25) is 0 Å². The number of rotatable bonds is 36. The molecule has 1 fully saturated rings. The van der Waals surface area contributed by atoms with Gasteiger partial charge in [0, 0.05) is 20.0 Å².